The van der Waals surface area contributed by atoms with E-state index in [4.69, 9.17) is 5.11 Å². The van der Waals surface area contributed by atoms with E-state index in [2.05, 4.69) is 17.2 Å². The standard InChI is InChI=1S/C13H14FNO2/c1-15-7-3-2-4-10-5-6-12(14)8-11(10)9-13(16)17/h5-6,8,15H,3,7,9H2,1H3,(H,16,17). The lowest BCUT2D eigenvalue weighted by molar-refractivity contribution is -0.136. The molecule has 0 atom stereocenters. The number of hydrogen-bond acceptors (Lipinski definition) is 2. The smallest absolute Gasteiger partial charge is 0.307 e. The zero-order valence-corrected chi connectivity index (χ0v) is 9.59. The fraction of sp³-hybridized carbons (Fsp3) is 0.308. The molecular weight excluding hydrogens is 221 g/mol. The van der Waals surface area contributed by atoms with Crippen molar-refractivity contribution in [3.63, 3.8) is 0 Å². The van der Waals surface area contributed by atoms with Crippen molar-refractivity contribution in [2.75, 3.05) is 13.6 Å². The minimum absolute atomic E-state index is 0.214. The second kappa shape index (κ2) is 6.66. The summed E-state index contributed by atoms with van der Waals surface area (Å²) in [5.74, 6) is 4.33. The van der Waals surface area contributed by atoms with Crippen LogP contribution in [0.1, 0.15) is 17.5 Å². The second-order valence-electron chi connectivity index (χ2n) is 3.53. The number of halogens is 1. The van der Waals surface area contributed by atoms with E-state index in [1.54, 1.807) is 0 Å². The van der Waals surface area contributed by atoms with Gasteiger partial charge in [-0.3, -0.25) is 4.79 Å². The molecule has 0 aliphatic carbocycles. The van der Waals surface area contributed by atoms with Crippen LogP contribution in [0.25, 0.3) is 0 Å². The minimum Gasteiger partial charge on any atom is -0.481 e. The van der Waals surface area contributed by atoms with Crippen molar-refractivity contribution in [3.05, 3.63) is 35.1 Å². The summed E-state index contributed by atoms with van der Waals surface area (Å²) >= 11 is 0. The third-order valence-electron chi connectivity index (χ3n) is 2.13. The second-order valence-corrected chi connectivity index (χ2v) is 3.53. The molecule has 1 aromatic carbocycles. The number of carboxylic acids is 1. The van der Waals surface area contributed by atoms with Crippen LogP contribution in [-0.4, -0.2) is 24.7 Å². The molecule has 1 rings (SSSR count). The highest BCUT2D eigenvalue weighted by atomic mass is 19.1. The molecule has 0 radical (unpaired) electrons. The fourth-order valence-electron chi connectivity index (χ4n) is 1.34. The average Bonchev–Trinajstić information content (AvgIpc) is 2.26. The molecule has 0 saturated heterocycles. The summed E-state index contributed by atoms with van der Waals surface area (Å²) in [5, 5.41) is 11.7. The molecule has 0 saturated carbocycles. The number of carboxylic acid groups (broad SMARTS) is 1. The summed E-state index contributed by atoms with van der Waals surface area (Å²) in [7, 11) is 1.83. The van der Waals surface area contributed by atoms with Crippen LogP contribution >= 0.6 is 0 Å². The third-order valence-corrected chi connectivity index (χ3v) is 2.13. The van der Waals surface area contributed by atoms with E-state index in [9.17, 15) is 9.18 Å². The van der Waals surface area contributed by atoms with Gasteiger partial charge in [-0.2, -0.15) is 0 Å². The number of aliphatic carboxylic acids is 1. The van der Waals surface area contributed by atoms with Crippen LogP contribution in [0.4, 0.5) is 4.39 Å². The van der Waals surface area contributed by atoms with Crippen LogP contribution in [0.5, 0.6) is 0 Å². The SMILES string of the molecule is CNCCC#Cc1ccc(F)cc1CC(=O)O. The van der Waals surface area contributed by atoms with Gasteiger partial charge in [0.15, 0.2) is 0 Å². The number of benzene rings is 1. The summed E-state index contributed by atoms with van der Waals surface area (Å²) in [5.41, 5.74) is 0.986. The molecule has 0 aromatic heterocycles. The quantitative estimate of drug-likeness (QED) is 0.613. The topological polar surface area (TPSA) is 49.3 Å². The molecule has 0 spiro atoms. The molecule has 0 aliphatic heterocycles. The van der Waals surface area contributed by atoms with Gasteiger partial charge >= 0.3 is 5.97 Å². The van der Waals surface area contributed by atoms with Gasteiger partial charge in [0.25, 0.3) is 0 Å². The first-order valence-corrected chi connectivity index (χ1v) is 5.27. The van der Waals surface area contributed by atoms with Crippen molar-refractivity contribution >= 4 is 5.97 Å². The Labute approximate surface area is 99.7 Å². The van der Waals surface area contributed by atoms with Crippen molar-refractivity contribution < 1.29 is 14.3 Å². The predicted molar refractivity (Wildman–Crippen MR) is 63.2 cm³/mol. The first-order valence-electron chi connectivity index (χ1n) is 5.27. The first-order chi connectivity index (χ1) is 8.13. The Kier molecular flexibility index (Phi) is 5.18. The Bertz CT molecular complexity index is 460. The molecule has 0 amide bonds. The Morgan fingerprint density at radius 2 is 2.29 bits per heavy atom. The van der Waals surface area contributed by atoms with Gasteiger partial charge in [-0.1, -0.05) is 11.8 Å². The maximum atomic E-state index is 13.0. The first kappa shape index (κ1) is 13.2. The van der Waals surface area contributed by atoms with Crippen LogP contribution < -0.4 is 5.32 Å². The van der Waals surface area contributed by atoms with Gasteiger partial charge in [-0.15, -0.1) is 0 Å². The zero-order chi connectivity index (χ0) is 12.7. The summed E-state index contributed by atoms with van der Waals surface area (Å²) in [6.07, 6.45) is 0.453. The number of rotatable bonds is 4. The van der Waals surface area contributed by atoms with Crippen molar-refractivity contribution in [2.45, 2.75) is 12.8 Å². The van der Waals surface area contributed by atoms with Crippen LogP contribution in [-0.2, 0) is 11.2 Å². The minimum atomic E-state index is -0.992. The van der Waals surface area contributed by atoms with Crippen molar-refractivity contribution in [2.24, 2.45) is 0 Å². The molecule has 3 nitrogen and oxygen atoms in total. The molecule has 4 heteroatoms. The van der Waals surface area contributed by atoms with E-state index in [-0.39, 0.29) is 6.42 Å². The molecule has 0 heterocycles. The largest absolute Gasteiger partial charge is 0.481 e. The van der Waals surface area contributed by atoms with Gasteiger partial charge in [0, 0.05) is 18.5 Å². The average molecular weight is 235 g/mol. The highest BCUT2D eigenvalue weighted by molar-refractivity contribution is 5.71. The summed E-state index contributed by atoms with van der Waals surface area (Å²) in [6, 6.07) is 4.02. The molecule has 0 unspecified atom stereocenters. The van der Waals surface area contributed by atoms with E-state index in [1.807, 2.05) is 7.05 Å². The number of nitrogens with one attached hydrogen (secondary N) is 1. The molecule has 90 valence electrons. The maximum Gasteiger partial charge on any atom is 0.307 e. The molecule has 0 bridgehead atoms. The maximum absolute atomic E-state index is 13.0. The van der Waals surface area contributed by atoms with Crippen molar-refractivity contribution in [3.8, 4) is 11.8 Å². The van der Waals surface area contributed by atoms with E-state index in [1.165, 1.54) is 18.2 Å². The molecule has 0 aliphatic rings. The van der Waals surface area contributed by atoms with E-state index in [0.717, 1.165) is 6.54 Å². The normalized spacial score (nSPS) is 9.53. The van der Waals surface area contributed by atoms with E-state index < -0.39 is 11.8 Å². The predicted octanol–water partition coefficient (Wildman–Crippen LogP) is 1.41. The fourth-order valence-corrected chi connectivity index (χ4v) is 1.34. The molecule has 1 aromatic rings. The third kappa shape index (κ3) is 4.66. The van der Waals surface area contributed by atoms with Crippen LogP contribution in [0.2, 0.25) is 0 Å². The zero-order valence-electron chi connectivity index (χ0n) is 9.59. The Hall–Kier alpha value is -1.86. The van der Waals surface area contributed by atoms with Crippen LogP contribution in [0.15, 0.2) is 18.2 Å². The van der Waals surface area contributed by atoms with Gasteiger partial charge in [0.2, 0.25) is 0 Å². The van der Waals surface area contributed by atoms with Crippen LogP contribution in [0, 0.1) is 17.7 Å². The Morgan fingerprint density at radius 3 is 2.94 bits per heavy atom. The lowest BCUT2D eigenvalue weighted by Gasteiger charge is -2.01. The highest BCUT2D eigenvalue weighted by Gasteiger charge is 2.06. The van der Waals surface area contributed by atoms with E-state index in [0.29, 0.717) is 17.5 Å². The lowest BCUT2D eigenvalue weighted by Crippen LogP contribution is -2.06. The summed E-state index contributed by atoms with van der Waals surface area (Å²) < 4.78 is 13.0. The van der Waals surface area contributed by atoms with Gasteiger partial charge in [-0.05, 0) is 30.8 Å². The molecule has 2 N–H and O–H groups in total. The van der Waals surface area contributed by atoms with Crippen molar-refractivity contribution in [1.82, 2.24) is 5.32 Å². The Balaban J connectivity index is 2.88. The summed E-state index contributed by atoms with van der Waals surface area (Å²) in [6.45, 7) is 0.766. The monoisotopic (exact) mass is 235 g/mol. The van der Waals surface area contributed by atoms with Gasteiger partial charge < -0.3 is 10.4 Å². The van der Waals surface area contributed by atoms with Gasteiger partial charge in [0.1, 0.15) is 5.82 Å². The number of carbonyl (C=O) groups is 1. The summed E-state index contributed by atoms with van der Waals surface area (Å²) in [4.78, 5) is 10.6. The Morgan fingerprint density at radius 1 is 1.53 bits per heavy atom. The van der Waals surface area contributed by atoms with Gasteiger partial charge in [-0.25, -0.2) is 4.39 Å². The van der Waals surface area contributed by atoms with Gasteiger partial charge in [0.05, 0.1) is 6.42 Å². The lowest BCUT2D eigenvalue weighted by atomic mass is 10.0. The van der Waals surface area contributed by atoms with Crippen molar-refractivity contribution in [1.29, 1.82) is 0 Å². The van der Waals surface area contributed by atoms with Crippen LogP contribution in [0.3, 0.4) is 0 Å². The number of hydrogen-bond donors (Lipinski definition) is 2. The molecule has 17 heavy (non-hydrogen) atoms. The van der Waals surface area contributed by atoms with E-state index >= 15 is 0 Å². The molecular formula is C13H14FNO2. The molecule has 0 fully saturated rings. The highest BCUT2D eigenvalue weighted by Crippen LogP contribution is 2.11.